The highest BCUT2D eigenvalue weighted by Crippen LogP contribution is 2.31. The van der Waals surface area contributed by atoms with Gasteiger partial charge in [0.15, 0.2) is 0 Å². The highest BCUT2D eigenvalue weighted by molar-refractivity contribution is 7.13. The summed E-state index contributed by atoms with van der Waals surface area (Å²) in [5.74, 6) is 2.11. The lowest BCUT2D eigenvalue weighted by atomic mass is 10.1. The normalized spacial score (nSPS) is 20.7. The molecule has 0 aromatic carbocycles. The summed E-state index contributed by atoms with van der Waals surface area (Å²) in [6, 6.07) is 4.33. The van der Waals surface area contributed by atoms with E-state index in [-0.39, 0.29) is 5.91 Å². The van der Waals surface area contributed by atoms with E-state index >= 15 is 0 Å². The smallest absolute Gasteiger partial charge is 0.264 e. The molecule has 1 aliphatic carbocycles. The second kappa shape index (κ2) is 6.67. The molecule has 2 fully saturated rings. The number of amides is 1. The van der Waals surface area contributed by atoms with E-state index in [0.717, 1.165) is 55.4 Å². The number of carbonyl (C=O) groups excluding carboxylic acids is 1. The molecule has 24 heavy (non-hydrogen) atoms. The van der Waals surface area contributed by atoms with Crippen LogP contribution in [0.5, 0.6) is 0 Å². The molecule has 2 aromatic rings. The summed E-state index contributed by atoms with van der Waals surface area (Å²) in [7, 11) is 0. The van der Waals surface area contributed by atoms with Crippen LogP contribution >= 0.6 is 11.3 Å². The zero-order chi connectivity index (χ0) is 16.5. The molecule has 6 heteroatoms. The zero-order valence-electron chi connectivity index (χ0n) is 14.1. The Labute approximate surface area is 146 Å². The maximum atomic E-state index is 12.8. The van der Waals surface area contributed by atoms with Crippen LogP contribution in [0.4, 0.5) is 0 Å². The highest BCUT2D eigenvalue weighted by atomic mass is 32.1. The molecule has 1 saturated heterocycles. The summed E-state index contributed by atoms with van der Waals surface area (Å²) >= 11 is 1.60. The van der Waals surface area contributed by atoms with Crippen molar-refractivity contribution in [3.8, 4) is 0 Å². The standard InChI is InChI=1S/C18H24N4OS/c1-13-4-8-16(24-13)18(23)22-10-2-3-15(22)7-9-17-20-19-12-21(17)11-14-5-6-14/h4,8,12,14-15H,2-3,5-7,9-11H2,1H3. The van der Waals surface area contributed by atoms with Crippen LogP contribution < -0.4 is 0 Å². The molecule has 5 nitrogen and oxygen atoms in total. The summed E-state index contributed by atoms with van der Waals surface area (Å²) in [5, 5.41) is 8.39. The van der Waals surface area contributed by atoms with Gasteiger partial charge >= 0.3 is 0 Å². The van der Waals surface area contributed by atoms with Gasteiger partial charge in [0.05, 0.1) is 4.88 Å². The van der Waals surface area contributed by atoms with Crippen molar-refractivity contribution in [2.45, 2.75) is 58.0 Å². The predicted octanol–water partition coefficient (Wildman–Crippen LogP) is 3.30. The van der Waals surface area contributed by atoms with E-state index in [1.54, 1.807) is 11.3 Å². The Morgan fingerprint density at radius 1 is 1.33 bits per heavy atom. The van der Waals surface area contributed by atoms with Gasteiger partial charge in [-0.25, -0.2) is 0 Å². The van der Waals surface area contributed by atoms with Gasteiger partial charge in [0.1, 0.15) is 12.2 Å². The minimum Gasteiger partial charge on any atom is -0.335 e. The molecule has 4 rings (SSSR count). The zero-order valence-corrected chi connectivity index (χ0v) is 15.0. The van der Waals surface area contributed by atoms with Crippen molar-refractivity contribution in [2.75, 3.05) is 6.54 Å². The lowest BCUT2D eigenvalue weighted by Crippen LogP contribution is -2.35. The topological polar surface area (TPSA) is 51.0 Å². The largest absolute Gasteiger partial charge is 0.335 e. The summed E-state index contributed by atoms with van der Waals surface area (Å²) < 4.78 is 2.21. The molecule has 128 valence electrons. The van der Waals surface area contributed by atoms with Crippen LogP contribution in [0.1, 0.15) is 52.5 Å². The summed E-state index contributed by atoms with van der Waals surface area (Å²) in [5.41, 5.74) is 0. The second-order valence-corrected chi connectivity index (χ2v) is 8.37. The third-order valence-corrected chi connectivity index (χ3v) is 6.13. The van der Waals surface area contributed by atoms with Crippen molar-refractivity contribution in [2.24, 2.45) is 5.92 Å². The van der Waals surface area contributed by atoms with Gasteiger partial charge < -0.3 is 9.47 Å². The fraction of sp³-hybridized carbons (Fsp3) is 0.611. The minimum absolute atomic E-state index is 0.204. The van der Waals surface area contributed by atoms with Gasteiger partial charge in [0, 0.05) is 30.4 Å². The number of nitrogens with zero attached hydrogens (tertiary/aromatic N) is 4. The number of carbonyl (C=O) groups is 1. The number of thiophene rings is 1. The first-order valence-corrected chi connectivity index (χ1v) is 9.76. The summed E-state index contributed by atoms with van der Waals surface area (Å²) in [6.07, 6.45) is 8.64. The molecule has 1 saturated carbocycles. The van der Waals surface area contributed by atoms with Crippen molar-refractivity contribution in [1.82, 2.24) is 19.7 Å². The van der Waals surface area contributed by atoms with Gasteiger partial charge in [-0.2, -0.15) is 0 Å². The van der Waals surface area contributed by atoms with Crippen molar-refractivity contribution in [3.63, 3.8) is 0 Å². The van der Waals surface area contributed by atoms with Crippen LogP contribution in [0.3, 0.4) is 0 Å². The van der Waals surface area contributed by atoms with Gasteiger partial charge in [-0.15, -0.1) is 21.5 Å². The molecule has 0 bridgehead atoms. The predicted molar refractivity (Wildman–Crippen MR) is 94.2 cm³/mol. The first-order chi connectivity index (χ1) is 11.7. The Balaban J connectivity index is 1.38. The van der Waals surface area contributed by atoms with Crippen LogP contribution in [0, 0.1) is 12.8 Å². The van der Waals surface area contributed by atoms with Crippen molar-refractivity contribution < 1.29 is 4.79 Å². The van der Waals surface area contributed by atoms with Crippen LogP contribution in [-0.4, -0.2) is 38.2 Å². The molecule has 0 radical (unpaired) electrons. The van der Waals surface area contributed by atoms with E-state index in [2.05, 4.69) is 26.6 Å². The molecule has 1 atom stereocenters. The number of hydrogen-bond donors (Lipinski definition) is 0. The quantitative estimate of drug-likeness (QED) is 0.808. The molecule has 3 heterocycles. The molecule has 0 N–H and O–H groups in total. The second-order valence-electron chi connectivity index (χ2n) is 7.09. The Kier molecular flexibility index (Phi) is 4.39. The Morgan fingerprint density at radius 3 is 2.96 bits per heavy atom. The highest BCUT2D eigenvalue weighted by Gasteiger charge is 2.30. The van der Waals surface area contributed by atoms with E-state index < -0.39 is 0 Å². The molecule has 1 unspecified atom stereocenters. The van der Waals surface area contributed by atoms with E-state index in [9.17, 15) is 4.79 Å². The van der Waals surface area contributed by atoms with Crippen LogP contribution in [0.15, 0.2) is 18.5 Å². The monoisotopic (exact) mass is 344 g/mol. The van der Waals surface area contributed by atoms with E-state index in [1.165, 1.54) is 17.7 Å². The number of rotatable bonds is 6. The minimum atomic E-state index is 0.204. The Hall–Kier alpha value is -1.69. The Bertz CT molecular complexity index is 718. The van der Waals surface area contributed by atoms with E-state index in [4.69, 9.17) is 0 Å². The summed E-state index contributed by atoms with van der Waals surface area (Å²) in [4.78, 5) is 16.9. The van der Waals surface area contributed by atoms with Crippen LogP contribution in [0.2, 0.25) is 0 Å². The van der Waals surface area contributed by atoms with Crippen LogP contribution in [0.25, 0.3) is 0 Å². The third kappa shape index (κ3) is 3.38. The van der Waals surface area contributed by atoms with Gasteiger partial charge in [0.25, 0.3) is 5.91 Å². The molecule has 1 amide bonds. The maximum absolute atomic E-state index is 12.8. The third-order valence-electron chi connectivity index (χ3n) is 5.14. The average Bonchev–Trinajstić information content (AvgIpc) is 2.97. The lowest BCUT2D eigenvalue weighted by Gasteiger charge is -2.24. The fourth-order valence-electron chi connectivity index (χ4n) is 3.59. The number of aromatic nitrogens is 3. The van der Waals surface area contributed by atoms with Gasteiger partial charge in [-0.3, -0.25) is 4.79 Å². The first-order valence-electron chi connectivity index (χ1n) is 8.95. The molecule has 2 aliphatic rings. The lowest BCUT2D eigenvalue weighted by molar-refractivity contribution is 0.0735. The average molecular weight is 344 g/mol. The number of aryl methyl sites for hydroxylation is 2. The number of hydrogen-bond acceptors (Lipinski definition) is 4. The van der Waals surface area contributed by atoms with Gasteiger partial charge in [-0.1, -0.05) is 0 Å². The fourth-order valence-corrected chi connectivity index (χ4v) is 4.42. The Morgan fingerprint density at radius 2 is 2.21 bits per heavy atom. The molecular formula is C18H24N4OS. The molecule has 2 aromatic heterocycles. The van der Waals surface area contributed by atoms with Gasteiger partial charge in [-0.05, 0) is 57.1 Å². The van der Waals surface area contributed by atoms with Crippen molar-refractivity contribution in [1.29, 1.82) is 0 Å². The van der Waals surface area contributed by atoms with Crippen molar-refractivity contribution >= 4 is 17.2 Å². The number of likely N-dealkylation sites (tertiary alicyclic amines) is 1. The first kappa shape index (κ1) is 15.8. The van der Waals surface area contributed by atoms with Crippen molar-refractivity contribution in [3.05, 3.63) is 34.0 Å². The SMILES string of the molecule is Cc1ccc(C(=O)N2CCCC2CCc2nncn2CC2CC2)s1. The summed E-state index contributed by atoms with van der Waals surface area (Å²) in [6.45, 7) is 3.99. The molecule has 0 spiro atoms. The van der Waals surface area contributed by atoms with Gasteiger partial charge in [0.2, 0.25) is 0 Å². The molecular weight excluding hydrogens is 320 g/mol. The molecule has 1 aliphatic heterocycles. The van der Waals surface area contributed by atoms with E-state index in [1.807, 2.05) is 18.5 Å². The maximum Gasteiger partial charge on any atom is 0.264 e. The van der Waals surface area contributed by atoms with Crippen LogP contribution in [-0.2, 0) is 13.0 Å². The van der Waals surface area contributed by atoms with E-state index in [0.29, 0.717) is 6.04 Å².